The van der Waals surface area contributed by atoms with Crippen LogP contribution >= 0.6 is 23.1 Å². The lowest BCUT2D eigenvalue weighted by molar-refractivity contribution is -0.136. The molecular weight excluding hydrogens is 320 g/mol. The maximum absolute atomic E-state index is 12.2. The van der Waals surface area contributed by atoms with Crippen molar-refractivity contribution in [1.29, 1.82) is 0 Å². The Morgan fingerprint density at radius 1 is 1.60 bits per heavy atom. The van der Waals surface area contributed by atoms with Crippen molar-refractivity contribution >= 4 is 44.0 Å². The van der Waals surface area contributed by atoms with Gasteiger partial charge in [0, 0.05) is 29.2 Å². The van der Waals surface area contributed by atoms with Crippen molar-refractivity contribution in [3.05, 3.63) is 11.1 Å². The number of hydrogen-bond acceptors (Lipinski definition) is 7. The van der Waals surface area contributed by atoms with Crippen molar-refractivity contribution in [2.75, 3.05) is 28.7 Å². The molecule has 6 nitrogen and oxygen atoms in total. The van der Waals surface area contributed by atoms with Crippen LogP contribution < -0.4 is 4.90 Å². The quantitative estimate of drug-likeness (QED) is 0.861. The number of nitrogens with zero attached hydrogens (tertiary/aromatic N) is 2. The van der Waals surface area contributed by atoms with Crippen LogP contribution in [0.4, 0.5) is 5.13 Å². The van der Waals surface area contributed by atoms with E-state index in [1.807, 2.05) is 0 Å². The first-order chi connectivity index (χ1) is 9.44. The number of hydrogen-bond donors (Lipinski definition) is 1. The summed E-state index contributed by atoms with van der Waals surface area (Å²) in [6, 6.07) is 0. The topological polar surface area (TPSA) is 87.6 Å². The molecule has 20 heavy (non-hydrogen) atoms. The number of thiazole rings is 1. The number of carboxylic acids is 1. The van der Waals surface area contributed by atoms with Crippen LogP contribution in [0.1, 0.15) is 12.6 Å². The average molecular weight is 336 g/mol. The van der Waals surface area contributed by atoms with Crippen molar-refractivity contribution < 1.29 is 18.3 Å². The number of anilines is 1. The molecule has 9 heteroatoms. The first-order valence-corrected chi connectivity index (χ1v) is 9.91. The predicted molar refractivity (Wildman–Crippen MR) is 81.4 cm³/mol. The van der Waals surface area contributed by atoms with E-state index in [2.05, 4.69) is 4.98 Å². The van der Waals surface area contributed by atoms with Gasteiger partial charge in [-0.3, -0.25) is 4.79 Å². The van der Waals surface area contributed by atoms with Crippen LogP contribution in [-0.4, -0.2) is 53.7 Å². The molecule has 0 amide bonds. The normalized spacial score (nSPS) is 20.1. The molecule has 1 aliphatic heterocycles. The molecule has 2 rings (SSSR count). The minimum absolute atomic E-state index is 0.0993. The maximum atomic E-state index is 12.2. The Morgan fingerprint density at radius 2 is 2.35 bits per heavy atom. The molecular formula is C11H16N2O4S3. The van der Waals surface area contributed by atoms with E-state index in [1.165, 1.54) is 11.3 Å². The predicted octanol–water partition coefficient (Wildman–Crippen LogP) is 1.08. The van der Waals surface area contributed by atoms with Crippen molar-refractivity contribution in [3.63, 3.8) is 0 Å². The Labute approximate surface area is 126 Å². The summed E-state index contributed by atoms with van der Waals surface area (Å²) in [7, 11) is -3.18. The second-order valence-electron chi connectivity index (χ2n) is 4.37. The number of aliphatic carboxylic acids is 1. The Morgan fingerprint density at radius 3 is 3.00 bits per heavy atom. The van der Waals surface area contributed by atoms with Gasteiger partial charge >= 0.3 is 5.97 Å². The van der Waals surface area contributed by atoms with Crippen molar-refractivity contribution in [1.82, 2.24) is 4.98 Å². The molecule has 1 N–H and O–H groups in total. The third kappa shape index (κ3) is 3.44. The van der Waals surface area contributed by atoms with Crippen LogP contribution in [0.5, 0.6) is 0 Å². The summed E-state index contributed by atoms with van der Waals surface area (Å²) in [5, 5.41) is 10.5. The SMILES string of the molecule is CCS(=O)(=O)C1CSCCN1c1nc(CC(=O)O)cs1. The van der Waals surface area contributed by atoms with Gasteiger partial charge in [0.25, 0.3) is 0 Å². The average Bonchev–Trinajstić information content (AvgIpc) is 2.86. The lowest BCUT2D eigenvalue weighted by Crippen LogP contribution is -2.48. The summed E-state index contributed by atoms with van der Waals surface area (Å²) in [4.78, 5) is 16.7. The molecule has 0 bridgehead atoms. The molecule has 1 aliphatic rings. The van der Waals surface area contributed by atoms with E-state index >= 15 is 0 Å². The smallest absolute Gasteiger partial charge is 0.309 e. The Kier molecular flexibility index (Phi) is 4.92. The van der Waals surface area contributed by atoms with E-state index in [9.17, 15) is 13.2 Å². The van der Waals surface area contributed by atoms with E-state index in [0.29, 0.717) is 23.1 Å². The minimum atomic E-state index is -3.18. The van der Waals surface area contributed by atoms with E-state index in [4.69, 9.17) is 5.11 Å². The second kappa shape index (κ2) is 6.31. The lowest BCUT2D eigenvalue weighted by Gasteiger charge is -2.34. The first-order valence-electron chi connectivity index (χ1n) is 6.16. The molecule has 1 aromatic heterocycles. The molecule has 0 aromatic carbocycles. The highest BCUT2D eigenvalue weighted by molar-refractivity contribution is 8.01. The largest absolute Gasteiger partial charge is 0.481 e. The number of aromatic nitrogens is 1. The molecule has 1 saturated heterocycles. The minimum Gasteiger partial charge on any atom is -0.481 e. The highest BCUT2D eigenvalue weighted by Gasteiger charge is 2.34. The first kappa shape index (κ1) is 15.6. The Balaban J connectivity index is 2.24. The van der Waals surface area contributed by atoms with Crippen molar-refractivity contribution in [2.24, 2.45) is 0 Å². The molecule has 0 spiro atoms. The number of sulfone groups is 1. The van der Waals surface area contributed by atoms with Gasteiger partial charge in [0.05, 0.1) is 12.1 Å². The maximum Gasteiger partial charge on any atom is 0.309 e. The van der Waals surface area contributed by atoms with E-state index in [-0.39, 0.29) is 12.2 Å². The van der Waals surface area contributed by atoms with E-state index < -0.39 is 21.2 Å². The van der Waals surface area contributed by atoms with Crippen LogP contribution in [0.3, 0.4) is 0 Å². The molecule has 1 fully saturated rings. The zero-order valence-electron chi connectivity index (χ0n) is 11.0. The summed E-state index contributed by atoms with van der Waals surface area (Å²) in [6.07, 6.45) is -0.135. The summed E-state index contributed by atoms with van der Waals surface area (Å²) in [5.41, 5.74) is 0.475. The summed E-state index contributed by atoms with van der Waals surface area (Å²) >= 11 is 2.93. The second-order valence-corrected chi connectivity index (χ2v) is 8.80. The van der Waals surface area contributed by atoms with E-state index in [0.717, 1.165) is 5.75 Å². The van der Waals surface area contributed by atoms with Crippen LogP contribution in [0.2, 0.25) is 0 Å². The standard InChI is InChI=1S/C11H16N2O4S3/c1-2-20(16,17)9-7-18-4-3-13(9)11-12-8(6-19-11)5-10(14)15/h6,9H,2-5,7H2,1H3,(H,14,15). The fraction of sp³-hybridized carbons (Fsp3) is 0.636. The monoisotopic (exact) mass is 336 g/mol. The number of carboxylic acid groups (broad SMARTS) is 1. The van der Waals surface area contributed by atoms with Crippen molar-refractivity contribution in [2.45, 2.75) is 18.7 Å². The van der Waals surface area contributed by atoms with Gasteiger partial charge in [0.1, 0.15) is 5.37 Å². The van der Waals surface area contributed by atoms with Crippen LogP contribution in [0.15, 0.2) is 5.38 Å². The van der Waals surface area contributed by atoms with Gasteiger partial charge in [-0.2, -0.15) is 11.8 Å². The number of carbonyl (C=O) groups is 1. The number of rotatable bonds is 5. The molecule has 0 radical (unpaired) electrons. The van der Waals surface area contributed by atoms with Gasteiger partial charge in [-0.1, -0.05) is 6.92 Å². The summed E-state index contributed by atoms with van der Waals surface area (Å²) < 4.78 is 24.3. The van der Waals surface area contributed by atoms with Gasteiger partial charge in [-0.05, 0) is 0 Å². The third-order valence-corrected chi connectivity index (χ3v) is 7.23. The van der Waals surface area contributed by atoms with E-state index in [1.54, 1.807) is 29.0 Å². The van der Waals surface area contributed by atoms with Crippen LogP contribution in [-0.2, 0) is 21.1 Å². The van der Waals surface area contributed by atoms with Gasteiger partial charge in [0.2, 0.25) is 0 Å². The fourth-order valence-electron chi connectivity index (χ4n) is 1.95. The van der Waals surface area contributed by atoms with Crippen molar-refractivity contribution in [3.8, 4) is 0 Å². The number of thioether (sulfide) groups is 1. The van der Waals surface area contributed by atoms with Gasteiger partial charge in [-0.25, -0.2) is 13.4 Å². The van der Waals surface area contributed by atoms with Gasteiger partial charge in [0.15, 0.2) is 15.0 Å². The molecule has 2 heterocycles. The Bertz CT molecular complexity index is 584. The summed E-state index contributed by atoms with van der Waals surface area (Å²) in [5.74, 6) is 0.546. The van der Waals surface area contributed by atoms with Crippen LogP contribution in [0, 0.1) is 0 Å². The molecule has 1 atom stereocenters. The summed E-state index contributed by atoms with van der Waals surface area (Å²) in [6.45, 7) is 2.26. The van der Waals surface area contributed by atoms with Crippen LogP contribution in [0.25, 0.3) is 0 Å². The van der Waals surface area contributed by atoms with Gasteiger partial charge < -0.3 is 10.0 Å². The molecule has 1 unspecified atom stereocenters. The molecule has 0 aliphatic carbocycles. The third-order valence-electron chi connectivity index (χ3n) is 3.02. The zero-order chi connectivity index (χ0) is 14.8. The zero-order valence-corrected chi connectivity index (χ0v) is 13.4. The Hall–Kier alpha value is -0.800. The molecule has 112 valence electrons. The van der Waals surface area contributed by atoms with Gasteiger partial charge in [-0.15, -0.1) is 11.3 Å². The molecule has 1 aromatic rings. The lowest BCUT2D eigenvalue weighted by atomic mass is 10.3. The highest BCUT2D eigenvalue weighted by Crippen LogP contribution is 2.30. The fourth-order valence-corrected chi connectivity index (χ4v) is 5.89. The molecule has 0 saturated carbocycles. The highest BCUT2D eigenvalue weighted by atomic mass is 32.2.